The monoisotopic (exact) mass is 604 g/mol. The standard InChI is InChI=1S/C36H41FN8/c1-5-23(15-24-7-10-38-11-8-24)16-25(6-2)32-20-30-34(22-41-32)43-44-36(30)33-21-29-31(42-33)9-12-40-35(29)26-17-27(37)19-28(18-26)39-13-14-45(3)4/h5-6,9,12,16-22,24,38-39,42H,1,7-8,10-11,13-15H2,2-4H3,(H,43,44)/b23-16+,25-6+. The molecule has 5 aromatic rings. The number of aromatic nitrogens is 5. The van der Waals surface area contributed by atoms with Crippen molar-refractivity contribution in [2.75, 3.05) is 45.6 Å². The van der Waals surface area contributed by atoms with Gasteiger partial charge in [-0.1, -0.05) is 18.7 Å². The van der Waals surface area contributed by atoms with E-state index in [-0.39, 0.29) is 5.82 Å². The summed E-state index contributed by atoms with van der Waals surface area (Å²) in [6.07, 6.45) is 13.3. The number of fused-ring (bicyclic) bond motifs is 2. The van der Waals surface area contributed by atoms with Crippen molar-refractivity contribution in [2.24, 2.45) is 5.92 Å². The van der Waals surface area contributed by atoms with E-state index >= 15 is 0 Å². The zero-order valence-corrected chi connectivity index (χ0v) is 26.3. The molecule has 8 nitrogen and oxygen atoms in total. The Morgan fingerprint density at radius 1 is 1.07 bits per heavy atom. The third-order valence-electron chi connectivity index (χ3n) is 8.50. The van der Waals surface area contributed by atoms with Crippen molar-refractivity contribution in [1.29, 1.82) is 0 Å². The molecule has 0 atom stereocenters. The van der Waals surface area contributed by atoms with Crippen molar-refractivity contribution in [3.05, 3.63) is 90.7 Å². The minimum absolute atomic E-state index is 0.308. The number of hydrogen-bond acceptors (Lipinski definition) is 6. The number of nitrogens with zero attached hydrogens (tertiary/aromatic N) is 4. The molecule has 0 aliphatic carbocycles. The molecular weight excluding hydrogens is 563 g/mol. The molecule has 4 aromatic heterocycles. The Morgan fingerprint density at radius 3 is 2.67 bits per heavy atom. The molecule has 6 rings (SSSR count). The molecular formula is C36H41FN8. The molecule has 0 unspecified atom stereocenters. The lowest BCUT2D eigenvalue weighted by Gasteiger charge is -2.23. The quantitative estimate of drug-likeness (QED) is 0.119. The number of nitrogens with one attached hydrogen (secondary N) is 4. The molecule has 0 saturated carbocycles. The Morgan fingerprint density at radius 2 is 1.89 bits per heavy atom. The van der Waals surface area contributed by atoms with Gasteiger partial charge < -0.3 is 20.5 Å². The second kappa shape index (κ2) is 13.6. The van der Waals surface area contributed by atoms with Gasteiger partial charge >= 0.3 is 0 Å². The van der Waals surface area contributed by atoms with Gasteiger partial charge in [-0.15, -0.1) is 0 Å². The smallest absolute Gasteiger partial charge is 0.125 e. The molecule has 232 valence electrons. The Balaban J connectivity index is 1.33. The van der Waals surface area contributed by atoms with Crippen molar-refractivity contribution < 1.29 is 4.39 Å². The van der Waals surface area contributed by atoms with Crippen LogP contribution >= 0.6 is 0 Å². The molecule has 1 aliphatic heterocycles. The average Bonchev–Trinajstić information content (AvgIpc) is 3.67. The van der Waals surface area contributed by atoms with Gasteiger partial charge in [0.05, 0.1) is 28.8 Å². The van der Waals surface area contributed by atoms with Crippen LogP contribution in [0.15, 0.2) is 79.2 Å². The molecule has 0 radical (unpaired) electrons. The molecule has 0 bridgehead atoms. The maximum absolute atomic E-state index is 14.7. The molecule has 45 heavy (non-hydrogen) atoms. The maximum atomic E-state index is 14.7. The number of likely N-dealkylation sites (N-methyl/N-ethyl adjacent to an activating group) is 1. The molecule has 0 amide bonds. The zero-order chi connectivity index (χ0) is 31.3. The highest BCUT2D eigenvalue weighted by atomic mass is 19.1. The van der Waals surface area contributed by atoms with E-state index in [1.807, 2.05) is 51.5 Å². The lowest BCUT2D eigenvalue weighted by molar-refractivity contribution is 0.374. The number of halogens is 1. The first-order valence-electron chi connectivity index (χ1n) is 15.6. The Kier molecular flexibility index (Phi) is 9.18. The summed E-state index contributed by atoms with van der Waals surface area (Å²) in [6.45, 7) is 9.85. The van der Waals surface area contributed by atoms with E-state index in [2.05, 4.69) is 60.5 Å². The number of rotatable bonds is 11. The summed E-state index contributed by atoms with van der Waals surface area (Å²) in [6, 6.07) is 11.1. The van der Waals surface area contributed by atoms with Crippen LogP contribution in [0.3, 0.4) is 0 Å². The van der Waals surface area contributed by atoms with Gasteiger partial charge in [0.15, 0.2) is 0 Å². The Hall–Kier alpha value is -4.60. The maximum Gasteiger partial charge on any atom is 0.125 e. The van der Waals surface area contributed by atoms with Crippen molar-refractivity contribution in [3.63, 3.8) is 0 Å². The number of aromatic amines is 2. The van der Waals surface area contributed by atoms with Crippen molar-refractivity contribution in [2.45, 2.75) is 26.2 Å². The molecule has 1 saturated heterocycles. The van der Waals surface area contributed by atoms with E-state index in [1.54, 1.807) is 6.20 Å². The van der Waals surface area contributed by atoms with Gasteiger partial charge in [0, 0.05) is 46.8 Å². The average molecular weight is 605 g/mol. The molecule has 1 aliphatic rings. The summed E-state index contributed by atoms with van der Waals surface area (Å²) in [5, 5.41) is 16.4. The normalized spacial score (nSPS) is 15.0. The lowest BCUT2D eigenvalue weighted by atomic mass is 9.90. The minimum atomic E-state index is -0.308. The summed E-state index contributed by atoms with van der Waals surface area (Å²) >= 11 is 0. The SMILES string of the molecule is C=C/C(=C\C(=C/C)c1cc2c(-c3cc4c(-c5cc(F)cc(NCCN(C)C)c5)nccc4[nH]3)n[nH]c2cn1)CC1CCNCC1. The Bertz CT molecular complexity index is 1870. The first kappa shape index (κ1) is 30.4. The number of hydrogen-bond donors (Lipinski definition) is 4. The highest BCUT2D eigenvalue weighted by Crippen LogP contribution is 2.35. The predicted octanol–water partition coefficient (Wildman–Crippen LogP) is 7.19. The fourth-order valence-corrected chi connectivity index (χ4v) is 6.07. The van der Waals surface area contributed by atoms with E-state index in [0.717, 1.165) is 76.2 Å². The van der Waals surface area contributed by atoms with E-state index in [1.165, 1.54) is 30.5 Å². The summed E-state index contributed by atoms with van der Waals surface area (Å²) < 4.78 is 14.7. The lowest BCUT2D eigenvalue weighted by Crippen LogP contribution is -2.27. The van der Waals surface area contributed by atoms with Crippen LogP contribution in [0.2, 0.25) is 0 Å². The van der Waals surface area contributed by atoms with Gasteiger partial charge in [0.1, 0.15) is 11.5 Å². The first-order valence-corrected chi connectivity index (χ1v) is 15.6. The van der Waals surface area contributed by atoms with Gasteiger partial charge in [-0.2, -0.15) is 5.10 Å². The minimum Gasteiger partial charge on any atom is -0.384 e. The molecule has 5 heterocycles. The van der Waals surface area contributed by atoms with Crippen molar-refractivity contribution >= 4 is 33.1 Å². The number of piperidine rings is 1. The van der Waals surface area contributed by atoms with Crippen LogP contribution in [0.5, 0.6) is 0 Å². The van der Waals surface area contributed by atoms with E-state index in [4.69, 9.17) is 4.98 Å². The topological polar surface area (TPSA) is 97.5 Å². The fourth-order valence-electron chi connectivity index (χ4n) is 6.07. The Labute approximate surface area is 263 Å². The molecule has 4 N–H and O–H groups in total. The second-order valence-electron chi connectivity index (χ2n) is 12.0. The van der Waals surface area contributed by atoms with Crippen LogP contribution in [0.4, 0.5) is 10.1 Å². The number of H-pyrrole nitrogens is 2. The zero-order valence-electron chi connectivity index (χ0n) is 26.3. The third kappa shape index (κ3) is 6.90. The molecule has 1 aromatic carbocycles. The fraction of sp³-hybridized carbons (Fsp3) is 0.306. The van der Waals surface area contributed by atoms with Crippen LogP contribution in [0.1, 0.15) is 31.9 Å². The number of pyridine rings is 2. The molecule has 1 fully saturated rings. The summed E-state index contributed by atoms with van der Waals surface area (Å²) in [5.74, 6) is 0.362. The first-order chi connectivity index (χ1) is 21.9. The summed E-state index contributed by atoms with van der Waals surface area (Å²) in [7, 11) is 4.03. The summed E-state index contributed by atoms with van der Waals surface area (Å²) in [4.78, 5) is 15.0. The van der Waals surface area contributed by atoms with Gasteiger partial charge in [-0.3, -0.25) is 15.1 Å². The summed E-state index contributed by atoms with van der Waals surface area (Å²) in [5.41, 5.74) is 8.69. The highest BCUT2D eigenvalue weighted by molar-refractivity contribution is 6.00. The van der Waals surface area contributed by atoms with E-state index in [0.29, 0.717) is 23.7 Å². The van der Waals surface area contributed by atoms with Crippen molar-refractivity contribution in [1.82, 2.24) is 35.4 Å². The highest BCUT2D eigenvalue weighted by Gasteiger charge is 2.17. The predicted molar refractivity (Wildman–Crippen MR) is 184 cm³/mol. The molecule has 0 spiro atoms. The van der Waals surface area contributed by atoms with Crippen LogP contribution in [-0.4, -0.2) is 70.3 Å². The third-order valence-corrected chi connectivity index (χ3v) is 8.50. The van der Waals surface area contributed by atoms with E-state index < -0.39 is 0 Å². The van der Waals surface area contributed by atoms with Crippen LogP contribution in [-0.2, 0) is 0 Å². The molecule has 9 heteroatoms. The van der Waals surface area contributed by atoms with Gasteiger partial charge in [0.25, 0.3) is 0 Å². The van der Waals surface area contributed by atoms with Crippen LogP contribution in [0, 0.1) is 11.7 Å². The second-order valence-corrected chi connectivity index (χ2v) is 12.0. The largest absolute Gasteiger partial charge is 0.384 e. The number of anilines is 1. The van der Waals surface area contributed by atoms with Crippen LogP contribution < -0.4 is 10.6 Å². The number of allylic oxidation sites excluding steroid dienone is 5. The van der Waals surface area contributed by atoms with Crippen LogP contribution in [0.25, 0.3) is 50.0 Å². The van der Waals surface area contributed by atoms with Gasteiger partial charge in [-0.05, 0) is 113 Å². The van der Waals surface area contributed by atoms with Gasteiger partial charge in [0.2, 0.25) is 0 Å². The van der Waals surface area contributed by atoms with E-state index in [9.17, 15) is 4.39 Å². The van der Waals surface area contributed by atoms with Crippen molar-refractivity contribution in [3.8, 4) is 22.6 Å². The number of benzene rings is 1. The van der Waals surface area contributed by atoms with Gasteiger partial charge in [-0.25, -0.2) is 4.39 Å².